The van der Waals surface area contributed by atoms with Crippen molar-refractivity contribution in [3.05, 3.63) is 76.8 Å². The highest BCUT2D eigenvalue weighted by Gasteiger charge is 2.42. The van der Waals surface area contributed by atoms with E-state index in [2.05, 4.69) is 35.2 Å². The molecule has 0 radical (unpaired) electrons. The Hall–Kier alpha value is -1.90. The standard InChI is InChI=1S/C20H18ClNO/c21-17-8-4-7-15(9-17)18-10-16-12-22(13-19(16)20(18)23)11-14-5-2-1-3-6-14/h1-10,16,19H,11-13H2/t16-,19+/m0/s1. The maximum Gasteiger partial charge on any atom is 0.168 e. The van der Waals surface area contributed by atoms with Gasteiger partial charge in [0.2, 0.25) is 0 Å². The van der Waals surface area contributed by atoms with E-state index >= 15 is 0 Å². The highest BCUT2D eigenvalue weighted by atomic mass is 35.5. The predicted octanol–water partition coefficient (Wildman–Crippen LogP) is 4.05. The number of allylic oxidation sites excluding steroid dienone is 1. The first-order valence-electron chi connectivity index (χ1n) is 7.99. The molecule has 1 saturated heterocycles. The number of ketones is 1. The van der Waals surface area contributed by atoms with E-state index in [1.54, 1.807) is 0 Å². The number of Topliss-reactive ketones (excluding diaryl/α,β-unsaturated/α-hetero) is 1. The molecule has 4 rings (SSSR count). The molecule has 0 saturated carbocycles. The molecule has 1 fully saturated rings. The Morgan fingerprint density at radius 1 is 1.04 bits per heavy atom. The lowest BCUT2D eigenvalue weighted by Crippen LogP contribution is -2.23. The van der Waals surface area contributed by atoms with Gasteiger partial charge in [-0.25, -0.2) is 0 Å². The maximum atomic E-state index is 12.8. The summed E-state index contributed by atoms with van der Waals surface area (Å²) in [5, 5.41) is 0.680. The molecule has 3 heteroatoms. The van der Waals surface area contributed by atoms with Crippen LogP contribution in [0.2, 0.25) is 5.02 Å². The number of carbonyl (C=O) groups is 1. The fourth-order valence-corrected chi connectivity index (χ4v) is 3.91. The highest BCUT2D eigenvalue weighted by Crippen LogP contribution is 2.39. The van der Waals surface area contributed by atoms with Crippen molar-refractivity contribution in [1.82, 2.24) is 4.90 Å². The van der Waals surface area contributed by atoms with E-state index in [1.165, 1.54) is 5.56 Å². The fourth-order valence-electron chi connectivity index (χ4n) is 3.72. The molecule has 1 heterocycles. The summed E-state index contributed by atoms with van der Waals surface area (Å²) in [6, 6.07) is 18.0. The molecule has 2 atom stereocenters. The van der Waals surface area contributed by atoms with Gasteiger partial charge in [0.25, 0.3) is 0 Å². The quantitative estimate of drug-likeness (QED) is 0.849. The molecule has 116 valence electrons. The maximum absolute atomic E-state index is 12.8. The first-order chi connectivity index (χ1) is 11.2. The van der Waals surface area contributed by atoms with E-state index in [1.807, 2.05) is 30.3 Å². The Balaban J connectivity index is 1.51. The molecule has 0 N–H and O–H groups in total. The Kier molecular flexibility index (Phi) is 3.80. The Bertz CT molecular complexity index is 768. The van der Waals surface area contributed by atoms with Crippen molar-refractivity contribution in [3.63, 3.8) is 0 Å². The summed E-state index contributed by atoms with van der Waals surface area (Å²) in [6.45, 7) is 2.72. The van der Waals surface area contributed by atoms with Gasteiger partial charge in [0.1, 0.15) is 0 Å². The number of hydrogen-bond acceptors (Lipinski definition) is 2. The molecule has 0 unspecified atom stereocenters. The number of carbonyl (C=O) groups excluding carboxylic acids is 1. The lowest BCUT2D eigenvalue weighted by atomic mass is 9.97. The minimum absolute atomic E-state index is 0.104. The zero-order valence-corrected chi connectivity index (χ0v) is 13.5. The van der Waals surface area contributed by atoms with Crippen LogP contribution in [0.15, 0.2) is 60.7 Å². The van der Waals surface area contributed by atoms with Crippen LogP contribution >= 0.6 is 11.6 Å². The summed E-state index contributed by atoms with van der Waals surface area (Å²) in [7, 11) is 0. The highest BCUT2D eigenvalue weighted by molar-refractivity contribution is 6.31. The lowest BCUT2D eigenvalue weighted by molar-refractivity contribution is -0.116. The van der Waals surface area contributed by atoms with Crippen LogP contribution in [0, 0.1) is 11.8 Å². The van der Waals surface area contributed by atoms with Gasteiger partial charge in [-0.3, -0.25) is 9.69 Å². The molecule has 2 aliphatic rings. The first-order valence-corrected chi connectivity index (χ1v) is 8.37. The summed E-state index contributed by atoms with van der Waals surface area (Å²) < 4.78 is 0. The number of rotatable bonds is 3. The van der Waals surface area contributed by atoms with Gasteiger partial charge in [0.15, 0.2) is 5.78 Å². The second kappa shape index (κ2) is 5.95. The summed E-state index contributed by atoms with van der Waals surface area (Å²) in [5.74, 6) is 0.709. The Labute approximate surface area is 141 Å². The predicted molar refractivity (Wildman–Crippen MR) is 93.1 cm³/mol. The minimum Gasteiger partial charge on any atom is -0.298 e. The zero-order valence-electron chi connectivity index (χ0n) is 12.8. The number of fused-ring (bicyclic) bond motifs is 1. The molecule has 0 spiro atoms. The third kappa shape index (κ3) is 2.85. The van der Waals surface area contributed by atoms with Crippen molar-refractivity contribution < 1.29 is 4.79 Å². The van der Waals surface area contributed by atoms with E-state index in [-0.39, 0.29) is 11.7 Å². The molecular formula is C20H18ClNO. The molecule has 1 aliphatic carbocycles. The normalized spacial score (nSPS) is 23.9. The molecule has 0 aromatic heterocycles. The number of hydrogen-bond donors (Lipinski definition) is 0. The second-order valence-corrected chi connectivity index (χ2v) is 6.84. The van der Waals surface area contributed by atoms with Crippen LogP contribution in [-0.2, 0) is 11.3 Å². The molecule has 1 aliphatic heterocycles. The molecule has 0 bridgehead atoms. The molecule has 2 aromatic carbocycles. The fraction of sp³-hybridized carbons (Fsp3) is 0.250. The number of halogens is 1. The van der Waals surface area contributed by atoms with Crippen LogP contribution in [0.5, 0.6) is 0 Å². The summed E-state index contributed by atoms with van der Waals surface area (Å²) in [5.41, 5.74) is 3.10. The van der Waals surface area contributed by atoms with Gasteiger partial charge in [-0.2, -0.15) is 0 Å². The first kappa shape index (κ1) is 14.7. The van der Waals surface area contributed by atoms with Gasteiger partial charge in [-0.1, -0.05) is 60.1 Å². The summed E-state index contributed by atoms with van der Waals surface area (Å²) in [4.78, 5) is 15.1. The second-order valence-electron chi connectivity index (χ2n) is 6.40. The number of benzene rings is 2. The van der Waals surface area contributed by atoms with Crippen molar-refractivity contribution in [2.24, 2.45) is 11.8 Å². The Morgan fingerprint density at radius 2 is 1.87 bits per heavy atom. The lowest BCUT2D eigenvalue weighted by Gasteiger charge is -2.16. The summed E-state index contributed by atoms with van der Waals surface area (Å²) in [6.07, 6.45) is 2.16. The molecular weight excluding hydrogens is 306 g/mol. The van der Waals surface area contributed by atoms with Crippen LogP contribution in [-0.4, -0.2) is 23.8 Å². The van der Waals surface area contributed by atoms with Gasteiger partial charge in [-0.05, 0) is 23.3 Å². The van der Waals surface area contributed by atoms with Crippen molar-refractivity contribution in [1.29, 1.82) is 0 Å². The van der Waals surface area contributed by atoms with Gasteiger partial charge in [0, 0.05) is 42.1 Å². The number of likely N-dealkylation sites (tertiary alicyclic amines) is 1. The largest absolute Gasteiger partial charge is 0.298 e. The van der Waals surface area contributed by atoms with Crippen molar-refractivity contribution in [3.8, 4) is 0 Å². The average molecular weight is 324 g/mol. The van der Waals surface area contributed by atoms with Gasteiger partial charge >= 0.3 is 0 Å². The third-order valence-electron chi connectivity index (χ3n) is 4.81. The SMILES string of the molecule is O=C1C(c2cccc(Cl)c2)=C[C@H]2CN(Cc3ccccc3)C[C@@H]12. The van der Waals surface area contributed by atoms with E-state index in [4.69, 9.17) is 11.6 Å². The molecule has 2 aromatic rings. The average Bonchev–Trinajstić information content (AvgIpc) is 3.08. The Morgan fingerprint density at radius 3 is 2.61 bits per heavy atom. The van der Waals surface area contributed by atoms with Gasteiger partial charge in [-0.15, -0.1) is 0 Å². The van der Waals surface area contributed by atoms with Crippen molar-refractivity contribution in [2.75, 3.05) is 13.1 Å². The third-order valence-corrected chi connectivity index (χ3v) is 5.04. The van der Waals surface area contributed by atoms with E-state index in [9.17, 15) is 4.79 Å². The van der Waals surface area contributed by atoms with Crippen LogP contribution in [0.4, 0.5) is 0 Å². The van der Waals surface area contributed by atoms with Crippen LogP contribution < -0.4 is 0 Å². The zero-order chi connectivity index (χ0) is 15.8. The van der Waals surface area contributed by atoms with E-state index in [0.717, 1.165) is 30.8 Å². The van der Waals surface area contributed by atoms with Crippen LogP contribution in [0.25, 0.3) is 5.57 Å². The van der Waals surface area contributed by atoms with Gasteiger partial charge < -0.3 is 0 Å². The minimum atomic E-state index is 0.104. The smallest absolute Gasteiger partial charge is 0.168 e. The number of nitrogens with zero attached hydrogens (tertiary/aromatic N) is 1. The van der Waals surface area contributed by atoms with Gasteiger partial charge in [0.05, 0.1) is 0 Å². The molecule has 0 amide bonds. The van der Waals surface area contributed by atoms with E-state index in [0.29, 0.717) is 10.9 Å². The summed E-state index contributed by atoms with van der Waals surface area (Å²) >= 11 is 6.06. The topological polar surface area (TPSA) is 20.3 Å². The van der Waals surface area contributed by atoms with Crippen LogP contribution in [0.1, 0.15) is 11.1 Å². The monoisotopic (exact) mass is 323 g/mol. The van der Waals surface area contributed by atoms with Crippen molar-refractivity contribution >= 4 is 23.0 Å². The van der Waals surface area contributed by atoms with Crippen molar-refractivity contribution in [2.45, 2.75) is 6.54 Å². The van der Waals surface area contributed by atoms with Crippen LogP contribution in [0.3, 0.4) is 0 Å². The van der Waals surface area contributed by atoms with E-state index < -0.39 is 0 Å². The molecule has 2 nitrogen and oxygen atoms in total. The molecule has 23 heavy (non-hydrogen) atoms.